The van der Waals surface area contributed by atoms with Crippen molar-refractivity contribution in [1.29, 1.82) is 0 Å². The minimum Gasteiger partial charge on any atom is -0.145 e. The summed E-state index contributed by atoms with van der Waals surface area (Å²) < 4.78 is 0. The van der Waals surface area contributed by atoms with Gasteiger partial charge in [-0.05, 0) is 0 Å². The summed E-state index contributed by atoms with van der Waals surface area (Å²) in [5, 5.41) is 5.26. The van der Waals surface area contributed by atoms with Crippen LogP contribution in [0.2, 0.25) is 19.6 Å². The molecule has 0 aliphatic rings. The van der Waals surface area contributed by atoms with Crippen LogP contribution in [0, 0.1) is 39.9 Å². The molecule has 0 unspecified atom stereocenters. The van der Waals surface area contributed by atoms with Gasteiger partial charge in [0.1, 0.15) is 0 Å². The fraction of sp³-hybridized carbons (Fsp3) is 0.0909. The summed E-state index contributed by atoms with van der Waals surface area (Å²) in [7, 11) is -0.139. The Morgan fingerprint density at radius 3 is 1.11 bits per heavy atom. The van der Waals surface area contributed by atoms with Gasteiger partial charge in [-0.3, -0.25) is 0 Å². The minimum atomic E-state index is -0.139. The molecule has 6 rings (SSSR count). The average molecular weight is 614 g/mol. The maximum absolute atomic E-state index is 2.31. The summed E-state index contributed by atoms with van der Waals surface area (Å²) >= 11 is 0. The number of hydrogen-bond donors (Lipinski definition) is 0. The van der Waals surface area contributed by atoms with Crippen molar-refractivity contribution in [3.05, 3.63) is 133 Å². The summed E-state index contributed by atoms with van der Waals surface area (Å²) in [4.78, 5) is 0. The molecule has 0 nitrogen and oxygen atoms in total. The van der Waals surface area contributed by atoms with Gasteiger partial charge in [0, 0.05) is 8.80 Å². The van der Waals surface area contributed by atoms with Gasteiger partial charge in [0.2, 0.25) is 0 Å². The monoisotopic (exact) mass is 614 g/mol. The minimum absolute atomic E-state index is 0. The first-order valence-electron chi connectivity index (χ1n) is 12.0. The SMILES string of the molecule is C[SiH](C)C.[Gd+2].c1ccc(-c2cc3ccccc3[cH-]2)cc1.c1ccc(-c2cc3ccccc3[cH-]2)cc1. The van der Waals surface area contributed by atoms with Crippen LogP contribution in [0.4, 0.5) is 0 Å². The van der Waals surface area contributed by atoms with Crippen LogP contribution in [-0.2, 0) is 0 Å². The van der Waals surface area contributed by atoms with Crippen LogP contribution in [0.1, 0.15) is 0 Å². The van der Waals surface area contributed by atoms with Gasteiger partial charge in [-0.25, -0.2) is 0 Å². The van der Waals surface area contributed by atoms with Crippen molar-refractivity contribution >= 4 is 30.3 Å². The van der Waals surface area contributed by atoms with E-state index in [2.05, 4.69) is 141 Å². The third kappa shape index (κ3) is 7.82. The maximum Gasteiger partial charge on any atom is 2.00 e. The topological polar surface area (TPSA) is 0 Å². The first kappa shape index (κ1) is 27.2. The van der Waals surface area contributed by atoms with E-state index >= 15 is 0 Å². The van der Waals surface area contributed by atoms with Crippen LogP contribution in [0.15, 0.2) is 133 Å². The molecule has 0 bridgehead atoms. The van der Waals surface area contributed by atoms with Gasteiger partial charge in [-0.15, -0.1) is 69.1 Å². The van der Waals surface area contributed by atoms with E-state index in [0.717, 1.165) is 0 Å². The van der Waals surface area contributed by atoms with Crippen molar-refractivity contribution in [3.8, 4) is 22.3 Å². The molecule has 0 saturated heterocycles. The molecule has 35 heavy (non-hydrogen) atoms. The van der Waals surface area contributed by atoms with E-state index < -0.39 is 0 Å². The first-order valence-corrected chi connectivity index (χ1v) is 15.5. The van der Waals surface area contributed by atoms with Gasteiger partial charge in [0.25, 0.3) is 0 Å². The van der Waals surface area contributed by atoms with Crippen LogP contribution in [0.3, 0.4) is 0 Å². The molecular formula is C33H32GdSi. The van der Waals surface area contributed by atoms with E-state index in [-0.39, 0.29) is 48.7 Å². The zero-order chi connectivity index (χ0) is 23.8. The van der Waals surface area contributed by atoms with E-state index in [1.54, 1.807) is 0 Å². The molecule has 2 heteroatoms. The molecule has 176 valence electrons. The second-order valence-electron chi connectivity index (χ2n) is 9.21. The zero-order valence-corrected chi connectivity index (χ0v) is 24.1. The quantitative estimate of drug-likeness (QED) is 0.135. The summed E-state index contributed by atoms with van der Waals surface area (Å²) in [5.74, 6) is 0. The van der Waals surface area contributed by atoms with E-state index in [9.17, 15) is 0 Å². The van der Waals surface area contributed by atoms with E-state index in [1.165, 1.54) is 43.8 Å². The first-order chi connectivity index (χ1) is 16.6. The van der Waals surface area contributed by atoms with Crippen LogP contribution < -0.4 is 0 Å². The normalized spacial score (nSPS) is 10.2. The standard InChI is InChI=1S/2C15H11.C3H10Si.Gd/c2*1-2-6-12(7-3-1)15-10-13-8-4-5-9-14(13)11-15;1-4(2)3;/h2*1-11H;4H,1-3H3;/q2*-1;;+2. The molecular weight excluding hydrogens is 582 g/mol. The van der Waals surface area contributed by atoms with Crippen molar-refractivity contribution in [2.45, 2.75) is 19.6 Å². The summed E-state index contributed by atoms with van der Waals surface area (Å²) in [6.45, 7) is 6.92. The van der Waals surface area contributed by atoms with Gasteiger partial charge >= 0.3 is 39.9 Å². The summed E-state index contributed by atoms with van der Waals surface area (Å²) in [6, 6.07) is 46.9. The van der Waals surface area contributed by atoms with Gasteiger partial charge in [-0.2, -0.15) is 0 Å². The number of hydrogen-bond acceptors (Lipinski definition) is 0. The Morgan fingerprint density at radius 1 is 0.457 bits per heavy atom. The van der Waals surface area contributed by atoms with Crippen molar-refractivity contribution in [1.82, 2.24) is 0 Å². The molecule has 0 amide bonds. The van der Waals surface area contributed by atoms with E-state index in [4.69, 9.17) is 0 Å². The molecule has 0 fully saturated rings. The number of benzene rings is 4. The summed E-state index contributed by atoms with van der Waals surface area (Å²) in [6.07, 6.45) is 0. The second-order valence-corrected chi connectivity index (χ2v) is 12.7. The van der Waals surface area contributed by atoms with Gasteiger partial charge in [-0.1, -0.05) is 128 Å². The Bertz CT molecular complexity index is 1250. The molecule has 0 aromatic heterocycles. The Morgan fingerprint density at radius 2 is 0.771 bits per heavy atom. The second kappa shape index (κ2) is 13.7. The molecule has 0 saturated carbocycles. The molecule has 0 N–H and O–H groups in total. The van der Waals surface area contributed by atoms with Crippen molar-refractivity contribution in [3.63, 3.8) is 0 Å². The molecule has 0 aliphatic heterocycles. The van der Waals surface area contributed by atoms with Crippen LogP contribution in [0.25, 0.3) is 43.8 Å². The smallest absolute Gasteiger partial charge is 0.145 e. The Hall–Kier alpha value is -2.36. The van der Waals surface area contributed by atoms with E-state index in [0.29, 0.717) is 0 Å². The predicted octanol–water partition coefficient (Wildman–Crippen LogP) is 9.55. The Kier molecular flexibility index (Phi) is 10.6. The third-order valence-corrected chi connectivity index (χ3v) is 5.45. The molecule has 6 aromatic carbocycles. The fourth-order valence-electron chi connectivity index (χ4n) is 3.90. The predicted molar refractivity (Wildman–Crippen MR) is 155 cm³/mol. The van der Waals surface area contributed by atoms with Crippen LogP contribution in [0.5, 0.6) is 0 Å². The fourth-order valence-corrected chi connectivity index (χ4v) is 3.90. The summed E-state index contributed by atoms with van der Waals surface area (Å²) in [5.41, 5.74) is 5.18. The van der Waals surface area contributed by atoms with Gasteiger partial charge in [0.15, 0.2) is 0 Å². The molecule has 6 aromatic rings. The molecule has 0 aliphatic carbocycles. The molecule has 0 spiro atoms. The third-order valence-electron chi connectivity index (χ3n) is 5.45. The maximum atomic E-state index is 2.31. The zero-order valence-electron chi connectivity index (χ0n) is 20.6. The Balaban J connectivity index is 0.000000166. The Labute approximate surface area is 243 Å². The molecule has 0 atom stereocenters. The largest absolute Gasteiger partial charge is 2.00 e. The number of fused-ring (bicyclic) bond motifs is 2. The van der Waals surface area contributed by atoms with Crippen LogP contribution in [-0.4, -0.2) is 8.80 Å². The van der Waals surface area contributed by atoms with Crippen molar-refractivity contribution < 1.29 is 39.9 Å². The van der Waals surface area contributed by atoms with E-state index in [1.807, 2.05) is 12.1 Å². The van der Waals surface area contributed by atoms with Crippen LogP contribution >= 0.6 is 0 Å². The van der Waals surface area contributed by atoms with Gasteiger partial charge in [0.05, 0.1) is 0 Å². The van der Waals surface area contributed by atoms with Crippen molar-refractivity contribution in [2.75, 3.05) is 0 Å². The molecule has 0 radical (unpaired) electrons. The van der Waals surface area contributed by atoms with Crippen molar-refractivity contribution in [2.24, 2.45) is 0 Å². The molecule has 0 heterocycles. The average Bonchev–Trinajstić information content (AvgIpc) is 3.50. The number of rotatable bonds is 2. The van der Waals surface area contributed by atoms with Gasteiger partial charge < -0.3 is 0 Å².